The molecule has 1 fully saturated rings. The molecule has 3 aromatic carbocycles. The highest BCUT2D eigenvalue weighted by Crippen LogP contribution is 2.51. The summed E-state index contributed by atoms with van der Waals surface area (Å²) in [5.41, 5.74) is 2.69. The number of carbonyl (C=O) groups is 1. The second-order valence-corrected chi connectivity index (χ2v) is 7.20. The molecule has 4 rings (SSSR count). The second kappa shape index (κ2) is 8.60. The van der Waals surface area contributed by atoms with Gasteiger partial charge in [-0.1, -0.05) is 42.5 Å². The summed E-state index contributed by atoms with van der Waals surface area (Å²) in [6, 6.07) is 21.1. The Morgan fingerprint density at radius 1 is 0.710 bits per heavy atom. The van der Waals surface area contributed by atoms with Crippen molar-refractivity contribution in [2.45, 2.75) is 12.0 Å². The van der Waals surface area contributed by atoms with Crippen LogP contribution in [0.1, 0.15) is 23.1 Å². The van der Waals surface area contributed by atoms with Crippen LogP contribution in [0.5, 0.6) is 23.0 Å². The molecule has 0 radical (unpaired) electrons. The molecule has 0 spiro atoms. The van der Waals surface area contributed by atoms with Crippen LogP contribution in [0, 0.1) is 0 Å². The van der Waals surface area contributed by atoms with E-state index in [0.717, 1.165) is 16.9 Å². The second-order valence-electron chi connectivity index (χ2n) is 7.20. The molecule has 0 aromatic heterocycles. The Bertz CT molecular complexity index is 1040. The predicted octanol–water partition coefficient (Wildman–Crippen LogP) is 4.59. The summed E-state index contributed by atoms with van der Waals surface area (Å²) in [5.74, 6) is 1.99. The van der Waals surface area contributed by atoms with Crippen LogP contribution >= 0.6 is 0 Å². The van der Waals surface area contributed by atoms with Crippen molar-refractivity contribution in [1.29, 1.82) is 0 Å². The molecule has 2 atom stereocenters. The molecule has 1 amide bonds. The number of benzene rings is 3. The summed E-state index contributed by atoms with van der Waals surface area (Å²) in [6.07, 6.45) is 0. The number of nitrogens with zero attached hydrogens (tertiary/aromatic N) is 1. The van der Waals surface area contributed by atoms with Crippen LogP contribution in [0.3, 0.4) is 0 Å². The van der Waals surface area contributed by atoms with E-state index in [1.807, 2.05) is 54.6 Å². The van der Waals surface area contributed by atoms with E-state index in [-0.39, 0.29) is 17.9 Å². The monoisotopic (exact) mass is 419 g/mol. The first-order valence-electron chi connectivity index (χ1n) is 9.95. The maximum atomic E-state index is 13.4. The van der Waals surface area contributed by atoms with Gasteiger partial charge in [0.2, 0.25) is 11.7 Å². The van der Waals surface area contributed by atoms with E-state index >= 15 is 0 Å². The minimum Gasteiger partial charge on any atom is -0.497 e. The van der Waals surface area contributed by atoms with Crippen molar-refractivity contribution in [1.82, 2.24) is 0 Å². The first-order chi connectivity index (χ1) is 15.1. The van der Waals surface area contributed by atoms with E-state index in [9.17, 15) is 4.79 Å². The van der Waals surface area contributed by atoms with E-state index in [4.69, 9.17) is 18.9 Å². The molecule has 0 saturated carbocycles. The first-order valence-corrected chi connectivity index (χ1v) is 9.95. The summed E-state index contributed by atoms with van der Waals surface area (Å²) in [6.45, 7) is 0. The van der Waals surface area contributed by atoms with E-state index in [2.05, 4.69) is 0 Å². The highest BCUT2D eigenvalue weighted by atomic mass is 16.5. The van der Waals surface area contributed by atoms with Gasteiger partial charge in [0.15, 0.2) is 11.5 Å². The Morgan fingerprint density at radius 2 is 1.32 bits per heavy atom. The van der Waals surface area contributed by atoms with Crippen molar-refractivity contribution in [3.63, 3.8) is 0 Å². The van der Waals surface area contributed by atoms with Gasteiger partial charge >= 0.3 is 0 Å². The lowest BCUT2D eigenvalue weighted by Gasteiger charge is -2.48. The van der Waals surface area contributed by atoms with Crippen molar-refractivity contribution in [3.05, 3.63) is 77.9 Å². The Hall–Kier alpha value is -3.67. The van der Waals surface area contributed by atoms with Gasteiger partial charge in [0, 0.05) is 12.1 Å². The fraction of sp³-hybridized carbons (Fsp3) is 0.240. The molecule has 0 bridgehead atoms. The van der Waals surface area contributed by atoms with E-state index in [0.29, 0.717) is 22.9 Å². The lowest BCUT2D eigenvalue weighted by Crippen LogP contribution is -2.53. The van der Waals surface area contributed by atoms with Crippen LogP contribution in [0.2, 0.25) is 0 Å². The molecule has 1 aliphatic rings. The quantitative estimate of drug-likeness (QED) is 0.524. The predicted molar refractivity (Wildman–Crippen MR) is 119 cm³/mol. The third kappa shape index (κ3) is 3.54. The van der Waals surface area contributed by atoms with Gasteiger partial charge in [-0.2, -0.15) is 0 Å². The highest BCUT2D eigenvalue weighted by molar-refractivity contribution is 6.07. The summed E-state index contributed by atoms with van der Waals surface area (Å²) >= 11 is 0. The fourth-order valence-corrected chi connectivity index (χ4v) is 4.11. The van der Waals surface area contributed by atoms with Crippen LogP contribution in [0.4, 0.5) is 5.69 Å². The van der Waals surface area contributed by atoms with Gasteiger partial charge in [-0.15, -0.1) is 0 Å². The number of hydrogen-bond donors (Lipinski definition) is 0. The molecular formula is C25H25NO5. The van der Waals surface area contributed by atoms with Gasteiger partial charge in [0.05, 0.1) is 46.1 Å². The van der Waals surface area contributed by atoms with Gasteiger partial charge in [0.1, 0.15) is 5.75 Å². The van der Waals surface area contributed by atoms with E-state index < -0.39 is 0 Å². The smallest absolute Gasteiger partial charge is 0.237 e. The lowest BCUT2D eigenvalue weighted by atomic mass is 9.77. The van der Waals surface area contributed by atoms with Crippen LogP contribution < -0.4 is 23.8 Å². The Kier molecular flexibility index (Phi) is 5.71. The highest BCUT2D eigenvalue weighted by Gasteiger charge is 2.50. The molecule has 0 N–H and O–H groups in total. The van der Waals surface area contributed by atoms with Gasteiger partial charge in [-0.05, 0) is 23.3 Å². The molecule has 2 unspecified atom stereocenters. The fourth-order valence-electron chi connectivity index (χ4n) is 4.11. The lowest BCUT2D eigenvalue weighted by molar-refractivity contribution is -0.126. The van der Waals surface area contributed by atoms with Gasteiger partial charge in [0.25, 0.3) is 0 Å². The molecular weight excluding hydrogens is 394 g/mol. The van der Waals surface area contributed by atoms with E-state index in [1.54, 1.807) is 45.5 Å². The van der Waals surface area contributed by atoms with Crippen molar-refractivity contribution in [3.8, 4) is 23.0 Å². The third-order valence-corrected chi connectivity index (χ3v) is 5.64. The summed E-state index contributed by atoms with van der Waals surface area (Å²) in [7, 11) is 6.32. The number of anilines is 1. The van der Waals surface area contributed by atoms with Crippen molar-refractivity contribution < 1.29 is 23.7 Å². The topological polar surface area (TPSA) is 57.2 Å². The average Bonchev–Trinajstić information content (AvgIpc) is 2.82. The van der Waals surface area contributed by atoms with Gasteiger partial charge in [-0.3, -0.25) is 4.79 Å². The van der Waals surface area contributed by atoms with Gasteiger partial charge < -0.3 is 23.8 Å². The van der Waals surface area contributed by atoms with Crippen LogP contribution in [0.25, 0.3) is 0 Å². The minimum atomic E-state index is -0.284. The number of amides is 1. The Morgan fingerprint density at radius 3 is 1.84 bits per heavy atom. The van der Waals surface area contributed by atoms with Crippen LogP contribution in [-0.4, -0.2) is 34.3 Å². The van der Waals surface area contributed by atoms with Crippen molar-refractivity contribution in [2.75, 3.05) is 33.3 Å². The molecule has 3 aromatic rings. The summed E-state index contributed by atoms with van der Waals surface area (Å²) in [4.78, 5) is 15.2. The Labute approximate surface area is 181 Å². The molecule has 0 aliphatic carbocycles. The zero-order valence-corrected chi connectivity index (χ0v) is 18.0. The Balaban J connectivity index is 1.81. The summed E-state index contributed by atoms with van der Waals surface area (Å²) in [5, 5.41) is 0. The first kappa shape index (κ1) is 20.6. The molecule has 31 heavy (non-hydrogen) atoms. The average molecular weight is 419 g/mol. The summed E-state index contributed by atoms with van der Waals surface area (Å²) < 4.78 is 21.7. The number of carbonyl (C=O) groups excluding carboxylic acids is 1. The van der Waals surface area contributed by atoms with Crippen molar-refractivity contribution >= 4 is 11.6 Å². The third-order valence-electron chi connectivity index (χ3n) is 5.64. The van der Waals surface area contributed by atoms with Crippen LogP contribution in [0.15, 0.2) is 66.7 Å². The number of ether oxygens (including phenoxy) is 4. The van der Waals surface area contributed by atoms with Gasteiger partial charge in [-0.25, -0.2) is 0 Å². The van der Waals surface area contributed by atoms with E-state index in [1.165, 1.54) is 0 Å². The number of hydrogen-bond acceptors (Lipinski definition) is 5. The number of methoxy groups -OCH3 is 4. The largest absolute Gasteiger partial charge is 0.497 e. The molecule has 6 heteroatoms. The standard InChI is InChI=1S/C25H25NO5/c1-28-19-12-10-17(11-13-19)23-22(16-8-6-5-7-9-16)25(27)26(23)18-14-20(29-2)24(31-4)21(15-18)30-3/h5-15,22-23H,1-4H3. The minimum absolute atomic E-state index is 0.0151. The molecule has 1 aliphatic heterocycles. The number of β-lactam (4-membered cyclic amide) rings is 1. The van der Waals surface area contributed by atoms with Crippen LogP contribution in [-0.2, 0) is 4.79 Å². The molecule has 160 valence electrons. The molecule has 1 heterocycles. The van der Waals surface area contributed by atoms with Crippen molar-refractivity contribution in [2.24, 2.45) is 0 Å². The maximum absolute atomic E-state index is 13.4. The SMILES string of the molecule is COc1ccc(C2C(c3ccccc3)C(=O)N2c2cc(OC)c(OC)c(OC)c2)cc1. The maximum Gasteiger partial charge on any atom is 0.237 e. The molecule has 1 saturated heterocycles. The zero-order valence-electron chi connectivity index (χ0n) is 18.0. The molecule has 6 nitrogen and oxygen atoms in total. The normalized spacial score (nSPS) is 17.7. The number of rotatable bonds is 7. The zero-order chi connectivity index (χ0) is 22.0.